The third kappa shape index (κ3) is 3.34. The molecule has 0 aliphatic carbocycles. The van der Waals surface area contributed by atoms with Crippen molar-refractivity contribution in [1.82, 2.24) is 4.98 Å². The van der Waals surface area contributed by atoms with E-state index in [-0.39, 0.29) is 12.1 Å². The van der Waals surface area contributed by atoms with Crippen LogP contribution in [-0.2, 0) is 16.5 Å². The van der Waals surface area contributed by atoms with E-state index in [1.165, 1.54) is 0 Å². The van der Waals surface area contributed by atoms with Crippen LogP contribution in [0.5, 0.6) is 0 Å². The summed E-state index contributed by atoms with van der Waals surface area (Å²) in [5.41, 5.74) is 0.425. The molecule has 0 unspecified atom stereocenters. The van der Waals surface area contributed by atoms with Crippen molar-refractivity contribution in [3.63, 3.8) is 0 Å². The molecular formula is C9H7BrF2INO2. The zero-order valence-electron chi connectivity index (χ0n) is 7.88. The zero-order valence-corrected chi connectivity index (χ0v) is 11.6. The van der Waals surface area contributed by atoms with Crippen LogP contribution in [-0.4, -0.2) is 16.1 Å². The molecule has 1 rings (SSSR count). The van der Waals surface area contributed by atoms with Gasteiger partial charge in [-0.2, -0.15) is 0 Å². The van der Waals surface area contributed by atoms with Crippen LogP contribution in [0.15, 0.2) is 6.07 Å². The van der Waals surface area contributed by atoms with Gasteiger partial charge in [-0.25, -0.2) is 13.8 Å². The predicted molar refractivity (Wildman–Crippen MR) is 65.9 cm³/mol. The fourth-order valence-electron chi connectivity index (χ4n) is 1.16. The van der Waals surface area contributed by atoms with Crippen molar-refractivity contribution in [3.8, 4) is 0 Å². The molecule has 1 aromatic heterocycles. The number of hydrogen-bond acceptors (Lipinski definition) is 2. The van der Waals surface area contributed by atoms with E-state index in [9.17, 15) is 13.6 Å². The Morgan fingerprint density at radius 2 is 2.25 bits per heavy atom. The first-order valence-corrected chi connectivity index (χ1v) is 6.39. The topological polar surface area (TPSA) is 50.2 Å². The molecule has 0 amide bonds. The summed E-state index contributed by atoms with van der Waals surface area (Å²) < 4.78 is 25.6. The molecule has 1 aromatic rings. The number of pyridine rings is 1. The number of hydrogen-bond donors (Lipinski definition) is 1. The van der Waals surface area contributed by atoms with Crippen molar-refractivity contribution in [2.75, 3.05) is 0 Å². The van der Waals surface area contributed by atoms with Crippen molar-refractivity contribution in [3.05, 3.63) is 26.6 Å². The summed E-state index contributed by atoms with van der Waals surface area (Å²) in [6, 6.07) is 1.15. The van der Waals surface area contributed by atoms with Crippen LogP contribution < -0.4 is 0 Å². The van der Waals surface area contributed by atoms with Gasteiger partial charge in [-0.1, -0.05) is 15.9 Å². The van der Waals surface area contributed by atoms with Gasteiger partial charge in [0.2, 0.25) is 0 Å². The maximum Gasteiger partial charge on any atom is 0.307 e. The average Bonchev–Trinajstić information content (AvgIpc) is 2.20. The normalized spacial score (nSPS) is 10.8. The fraction of sp³-hybridized carbons (Fsp3) is 0.333. The second kappa shape index (κ2) is 5.85. The number of carbonyl (C=O) groups is 1. The first-order valence-electron chi connectivity index (χ1n) is 4.19. The van der Waals surface area contributed by atoms with Crippen molar-refractivity contribution < 1.29 is 18.7 Å². The first-order chi connectivity index (χ1) is 7.45. The summed E-state index contributed by atoms with van der Waals surface area (Å²) >= 11 is 5.05. The molecule has 3 nitrogen and oxygen atoms in total. The quantitative estimate of drug-likeness (QED) is 0.618. The summed E-state index contributed by atoms with van der Waals surface area (Å²) in [5.74, 6) is -1.05. The number of carboxylic acid groups (broad SMARTS) is 1. The Morgan fingerprint density at radius 1 is 1.62 bits per heavy atom. The Labute approximate surface area is 113 Å². The van der Waals surface area contributed by atoms with Crippen LogP contribution >= 0.6 is 38.5 Å². The Hall–Kier alpha value is -0.310. The lowest BCUT2D eigenvalue weighted by atomic mass is 10.1. The number of alkyl halides is 3. The molecule has 0 radical (unpaired) electrons. The van der Waals surface area contributed by atoms with Gasteiger partial charge in [0.25, 0.3) is 6.43 Å². The molecule has 0 spiro atoms. The molecule has 0 aliphatic heterocycles. The van der Waals surface area contributed by atoms with Crippen LogP contribution in [0.3, 0.4) is 0 Å². The summed E-state index contributed by atoms with van der Waals surface area (Å²) in [6.07, 6.45) is -2.97. The second-order valence-electron chi connectivity index (χ2n) is 2.97. The Bertz CT molecular complexity index is 415. The molecule has 88 valence electrons. The van der Waals surface area contributed by atoms with E-state index in [4.69, 9.17) is 5.11 Å². The average molecular weight is 406 g/mol. The molecule has 1 heterocycles. The molecule has 16 heavy (non-hydrogen) atoms. The highest BCUT2D eigenvalue weighted by Crippen LogP contribution is 2.25. The standard InChI is InChI=1S/C9H7BrF2INO2/c10-3-6-8(13)4(2-7(15)16)1-5(14-6)9(11)12/h1,9H,2-3H2,(H,15,16). The highest BCUT2D eigenvalue weighted by atomic mass is 127. The van der Waals surface area contributed by atoms with Crippen LogP contribution in [0, 0.1) is 3.57 Å². The van der Waals surface area contributed by atoms with E-state index in [2.05, 4.69) is 20.9 Å². The van der Waals surface area contributed by atoms with E-state index in [1.807, 2.05) is 22.6 Å². The summed E-state index contributed by atoms with van der Waals surface area (Å²) in [5, 5.41) is 8.98. The number of aromatic nitrogens is 1. The van der Waals surface area contributed by atoms with Gasteiger partial charge in [-0.05, 0) is 34.2 Å². The molecule has 0 aliphatic rings. The lowest BCUT2D eigenvalue weighted by Gasteiger charge is -2.09. The number of aliphatic carboxylic acids is 1. The summed E-state index contributed by atoms with van der Waals surface area (Å²) in [7, 11) is 0. The predicted octanol–water partition coefficient (Wildman–Crippen LogP) is 3.15. The first kappa shape index (κ1) is 13.8. The van der Waals surface area contributed by atoms with Gasteiger partial charge in [0, 0.05) is 8.90 Å². The molecular weight excluding hydrogens is 399 g/mol. The third-order valence-electron chi connectivity index (χ3n) is 1.81. The van der Waals surface area contributed by atoms with E-state index >= 15 is 0 Å². The van der Waals surface area contributed by atoms with E-state index < -0.39 is 12.4 Å². The van der Waals surface area contributed by atoms with Crippen LogP contribution in [0.4, 0.5) is 8.78 Å². The number of halogens is 4. The summed E-state index contributed by atoms with van der Waals surface area (Å²) in [4.78, 5) is 14.3. The van der Waals surface area contributed by atoms with Gasteiger partial charge in [-0.3, -0.25) is 4.79 Å². The molecule has 0 aromatic carbocycles. The smallest absolute Gasteiger partial charge is 0.307 e. The highest BCUT2D eigenvalue weighted by molar-refractivity contribution is 14.1. The fourth-order valence-corrected chi connectivity index (χ4v) is 2.74. The maximum atomic E-state index is 12.5. The molecule has 0 saturated heterocycles. The lowest BCUT2D eigenvalue weighted by molar-refractivity contribution is -0.136. The van der Waals surface area contributed by atoms with E-state index in [0.717, 1.165) is 6.07 Å². The van der Waals surface area contributed by atoms with E-state index in [1.54, 1.807) is 0 Å². The van der Waals surface area contributed by atoms with Crippen molar-refractivity contribution in [2.24, 2.45) is 0 Å². The molecule has 0 atom stereocenters. The summed E-state index contributed by atoms with van der Waals surface area (Å²) in [6.45, 7) is 0. The van der Waals surface area contributed by atoms with E-state index in [0.29, 0.717) is 20.2 Å². The van der Waals surface area contributed by atoms with Gasteiger partial charge >= 0.3 is 5.97 Å². The number of nitrogens with zero attached hydrogens (tertiary/aromatic N) is 1. The Kier molecular flexibility index (Phi) is 5.03. The largest absolute Gasteiger partial charge is 0.481 e. The highest BCUT2D eigenvalue weighted by Gasteiger charge is 2.16. The molecule has 0 saturated carbocycles. The third-order valence-corrected chi connectivity index (χ3v) is 3.66. The Balaban J connectivity index is 3.24. The van der Waals surface area contributed by atoms with Crippen molar-refractivity contribution >= 4 is 44.5 Å². The number of rotatable bonds is 4. The van der Waals surface area contributed by atoms with Crippen molar-refractivity contribution in [1.29, 1.82) is 0 Å². The van der Waals surface area contributed by atoms with Gasteiger partial charge in [0.1, 0.15) is 5.69 Å². The molecule has 0 bridgehead atoms. The minimum atomic E-state index is -2.69. The molecule has 7 heteroatoms. The molecule has 0 fully saturated rings. The maximum absolute atomic E-state index is 12.5. The van der Waals surface area contributed by atoms with Crippen LogP contribution in [0.1, 0.15) is 23.4 Å². The van der Waals surface area contributed by atoms with Gasteiger partial charge in [0.05, 0.1) is 12.1 Å². The second-order valence-corrected chi connectivity index (χ2v) is 4.61. The van der Waals surface area contributed by atoms with Gasteiger partial charge in [0.15, 0.2) is 0 Å². The zero-order chi connectivity index (χ0) is 12.3. The minimum Gasteiger partial charge on any atom is -0.481 e. The van der Waals surface area contributed by atoms with Crippen LogP contribution in [0.2, 0.25) is 0 Å². The minimum absolute atomic E-state index is 0.277. The van der Waals surface area contributed by atoms with Crippen LogP contribution in [0.25, 0.3) is 0 Å². The molecule has 1 N–H and O–H groups in total. The SMILES string of the molecule is O=C(O)Cc1cc(C(F)F)nc(CBr)c1I. The lowest BCUT2D eigenvalue weighted by Crippen LogP contribution is -2.07. The Morgan fingerprint density at radius 3 is 2.69 bits per heavy atom. The van der Waals surface area contributed by atoms with Gasteiger partial charge < -0.3 is 5.11 Å². The monoisotopic (exact) mass is 405 g/mol. The number of carboxylic acids is 1. The van der Waals surface area contributed by atoms with Gasteiger partial charge in [-0.15, -0.1) is 0 Å². The van der Waals surface area contributed by atoms with Crippen molar-refractivity contribution in [2.45, 2.75) is 18.2 Å².